The second-order valence-corrected chi connectivity index (χ2v) is 7.24. The van der Waals surface area contributed by atoms with Crippen molar-refractivity contribution in [1.29, 1.82) is 0 Å². The van der Waals surface area contributed by atoms with E-state index in [1.54, 1.807) is 6.92 Å². The molecule has 0 saturated heterocycles. The van der Waals surface area contributed by atoms with E-state index in [1.165, 1.54) is 24.3 Å². The molecule has 26 heavy (non-hydrogen) atoms. The molecule has 0 spiro atoms. The van der Waals surface area contributed by atoms with E-state index in [4.69, 9.17) is 21.5 Å². The molecule has 3 N–H and O–H groups in total. The quantitative estimate of drug-likeness (QED) is 0.746. The van der Waals surface area contributed by atoms with Crippen LogP contribution in [0.15, 0.2) is 41.3 Å². The van der Waals surface area contributed by atoms with Crippen LogP contribution in [0.25, 0.3) is 0 Å². The number of anilines is 1. The van der Waals surface area contributed by atoms with E-state index in [-0.39, 0.29) is 15.6 Å². The second-order valence-electron chi connectivity index (χ2n) is 5.27. The van der Waals surface area contributed by atoms with Gasteiger partial charge in [0.2, 0.25) is 10.0 Å². The molecule has 0 aliphatic heterocycles. The molecule has 0 radical (unpaired) electrons. The van der Waals surface area contributed by atoms with E-state index >= 15 is 0 Å². The van der Waals surface area contributed by atoms with Crippen molar-refractivity contribution in [2.75, 3.05) is 11.9 Å². The van der Waals surface area contributed by atoms with Crippen molar-refractivity contribution in [2.45, 2.75) is 11.8 Å². The van der Waals surface area contributed by atoms with Gasteiger partial charge in [0.1, 0.15) is 5.82 Å². The second kappa shape index (κ2) is 7.81. The zero-order valence-electron chi connectivity index (χ0n) is 13.5. The van der Waals surface area contributed by atoms with Crippen LogP contribution >= 0.6 is 11.6 Å². The molecule has 0 bridgehead atoms. The first kappa shape index (κ1) is 19.8. The Hall–Kier alpha value is -2.49. The number of esters is 1. The molecular weight excluding hydrogens is 387 g/mol. The standard InChI is InChI=1S/C16H14ClFN2O5S/c1-9-2-4-11(7-14(9)26(19,23)24)20-15(21)8-25-16(22)12-6-10(17)3-5-13(12)18/h2-7H,8H2,1H3,(H,20,21)(H2,19,23,24). The van der Waals surface area contributed by atoms with Gasteiger partial charge in [-0.05, 0) is 42.8 Å². The first-order valence-corrected chi connectivity index (χ1v) is 9.06. The number of primary sulfonamides is 1. The summed E-state index contributed by atoms with van der Waals surface area (Å²) in [4.78, 5) is 23.5. The molecule has 0 aliphatic rings. The molecule has 0 aliphatic carbocycles. The molecule has 0 atom stereocenters. The van der Waals surface area contributed by atoms with Crippen molar-refractivity contribution in [3.63, 3.8) is 0 Å². The van der Waals surface area contributed by atoms with Gasteiger partial charge < -0.3 is 10.1 Å². The molecule has 1 amide bonds. The molecular formula is C16H14ClFN2O5S. The van der Waals surface area contributed by atoms with Gasteiger partial charge in [0, 0.05) is 10.7 Å². The number of rotatable bonds is 5. The van der Waals surface area contributed by atoms with Gasteiger partial charge in [-0.15, -0.1) is 0 Å². The summed E-state index contributed by atoms with van der Waals surface area (Å²) < 4.78 is 41.2. The molecule has 10 heteroatoms. The number of nitrogens with two attached hydrogens (primary N) is 1. The topological polar surface area (TPSA) is 116 Å². The third-order valence-electron chi connectivity index (χ3n) is 3.26. The minimum Gasteiger partial charge on any atom is -0.452 e. The first-order valence-electron chi connectivity index (χ1n) is 7.13. The first-order chi connectivity index (χ1) is 12.1. The fraction of sp³-hybridized carbons (Fsp3) is 0.125. The number of ether oxygens (including phenoxy) is 1. The predicted molar refractivity (Wildman–Crippen MR) is 92.9 cm³/mol. The van der Waals surface area contributed by atoms with E-state index < -0.39 is 39.9 Å². The number of aryl methyl sites for hydroxylation is 1. The number of carbonyl (C=O) groups is 2. The number of halogens is 2. The lowest BCUT2D eigenvalue weighted by Crippen LogP contribution is -2.22. The number of benzene rings is 2. The minimum absolute atomic E-state index is 0.137. The maximum Gasteiger partial charge on any atom is 0.341 e. The number of hydrogen-bond acceptors (Lipinski definition) is 5. The summed E-state index contributed by atoms with van der Waals surface area (Å²) in [6, 6.07) is 7.44. The molecule has 2 aromatic carbocycles. The lowest BCUT2D eigenvalue weighted by molar-refractivity contribution is -0.119. The Balaban J connectivity index is 2.03. The molecule has 0 aromatic heterocycles. The third kappa shape index (κ3) is 5.01. The number of nitrogens with one attached hydrogen (secondary N) is 1. The fourth-order valence-corrected chi connectivity index (χ4v) is 3.02. The average molecular weight is 401 g/mol. The Morgan fingerprint density at radius 2 is 1.92 bits per heavy atom. The highest BCUT2D eigenvalue weighted by molar-refractivity contribution is 7.89. The summed E-state index contributed by atoms with van der Waals surface area (Å²) in [5.74, 6) is -2.64. The van der Waals surface area contributed by atoms with Crippen LogP contribution in [0.4, 0.5) is 10.1 Å². The van der Waals surface area contributed by atoms with Crippen LogP contribution in [0.2, 0.25) is 5.02 Å². The van der Waals surface area contributed by atoms with Crippen LogP contribution in [0, 0.1) is 12.7 Å². The van der Waals surface area contributed by atoms with Gasteiger partial charge in [0.15, 0.2) is 6.61 Å². The zero-order chi connectivity index (χ0) is 19.5. The van der Waals surface area contributed by atoms with Crippen LogP contribution in [-0.4, -0.2) is 26.9 Å². The van der Waals surface area contributed by atoms with Gasteiger partial charge in [-0.25, -0.2) is 22.7 Å². The van der Waals surface area contributed by atoms with Gasteiger partial charge in [-0.1, -0.05) is 17.7 Å². The Labute approximate surface area is 154 Å². The highest BCUT2D eigenvalue weighted by Crippen LogP contribution is 2.19. The van der Waals surface area contributed by atoms with Crippen molar-refractivity contribution in [1.82, 2.24) is 0 Å². The van der Waals surface area contributed by atoms with E-state index in [2.05, 4.69) is 5.32 Å². The van der Waals surface area contributed by atoms with Crippen LogP contribution in [-0.2, 0) is 19.6 Å². The Morgan fingerprint density at radius 1 is 1.23 bits per heavy atom. The molecule has 2 rings (SSSR count). The van der Waals surface area contributed by atoms with Crippen molar-refractivity contribution in [3.05, 3.63) is 58.4 Å². The summed E-state index contributed by atoms with van der Waals surface area (Å²) in [5.41, 5.74) is 0.153. The largest absolute Gasteiger partial charge is 0.452 e. The van der Waals surface area contributed by atoms with Crippen LogP contribution in [0.3, 0.4) is 0 Å². The Morgan fingerprint density at radius 3 is 2.58 bits per heavy atom. The predicted octanol–water partition coefficient (Wildman–Crippen LogP) is 2.23. The van der Waals surface area contributed by atoms with E-state index in [1.807, 2.05) is 0 Å². The van der Waals surface area contributed by atoms with E-state index in [0.29, 0.717) is 5.56 Å². The average Bonchev–Trinajstić information content (AvgIpc) is 2.55. The summed E-state index contributed by atoms with van der Waals surface area (Å²) in [6.45, 7) is 0.843. The molecule has 138 valence electrons. The number of hydrogen-bond donors (Lipinski definition) is 2. The molecule has 2 aromatic rings. The molecule has 0 saturated carbocycles. The highest BCUT2D eigenvalue weighted by Gasteiger charge is 2.17. The molecule has 0 fully saturated rings. The minimum atomic E-state index is -3.95. The summed E-state index contributed by atoms with van der Waals surface area (Å²) in [6.07, 6.45) is 0. The summed E-state index contributed by atoms with van der Waals surface area (Å²) >= 11 is 5.68. The van der Waals surface area contributed by atoms with Crippen LogP contribution in [0.1, 0.15) is 15.9 Å². The van der Waals surface area contributed by atoms with Crippen molar-refractivity contribution >= 4 is 39.2 Å². The highest BCUT2D eigenvalue weighted by atomic mass is 35.5. The monoisotopic (exact) mass is 400 g/mol. The summed E-state index contributed by atoms with van der Waals surface area (Å²) in [7, 11) is -3.95. The maximum absolute atomic E-state index is 13.6. The lowest BCUT2D eigenvalue weighted by Gasteiger charge is -2.09. The zero-order valence-corrected chi connectivity index (χ0v) is 15.0. The van der Waals surface area contributed by atoms with Crippen molar-refractivity contribution in [2.24, 2.45) is 5.14 Å². The van der Waals surface area contributed by atoms with Gasteiger partial charge in [0.25, 0.3) is 5.91 Å². The molecule has 0 unspecified atom stereocenters. The van der Waals surface area contributed by atoms with Gasteiger partial charge in [0.05, 0.1) is 10.5 Å². The van der Waals surface area contributed by atoms with Crippen molar-refractivity contribution < 1.29 is 27.1 Å². The normalized spacial score (nSPS) is 11.1. The molecule has 7 nitrogen and oxygen atoms in total. The van der Waals surface area contributed by atoms with Crippen LogP contribution in [0.5, 0.6) is 0 Å². The number of sulfonamides is 1. The smallest absolute Gasteiger partial charge is 0.341 e. The van der Waals surface area contributed by atoms with E-state index in [9.17, 15) is 22.4 Å². The third-order valence-corrected chi connectivity index (χ3v) is 4.55. The van der Waals surface area contributed by atoms with Gasteiger partial charge >= 0.3 is 5.97 Å². The number of amides is 1. The summed E-state index contributed by atoms with van der Waals surface area (Å²) in [5, 5.41) is 7.59. The van der Waals surface area contributed by atoms with Crippen molar-refractivity contribution in [3.8, 4) is 0 Å². The Bertz CT molecular complexity index is 979. The lowest BCUT2D eigenvalue weighted by atomic mass is 10.2. The fourth-order valence-electron chi connectivity index (χ4n) is 2.04. The van der Waals surface area contributed by atoms with Crippen LogP contribution < -0.4 is 10.5 Å². The van der Waals surface area contributed by atoms with Gasteiger partial charge in [-0.3, -0.25) is 4.79 Å². The van der Waals surface area contributed by atoms with E-state index in [0.717, 1.165) is 12.1 Å². The molecule has 0 heterocycles. The Kier molecular flexibility index (Phi) is 5.96. The van der Waals surface area contributed by atoms with Gasteiger partial charge in [-0.2, -0.15) is 0 Å². The SMILES string of the molecule is Cc1ccc(NC(=O)COC(=O)c2cc(Cl)ccc2F)cc1S(N)(=O)=O. The number of carbonyl (C=O) groups excluding carboxylic acids is 2. The maximum atomic E-state index is 13.6.